The molecular formula is C4H3F9N. The smallest absolute Gasteiger partial charge is 0.344 e. The lowest BCUT2D eigenvalue weighted by molar-refractivity contribution is -0.360. The van der Waals surface area contributed by atoms with E-state index in [1.807, 2.05) is 0 Å². The van der Waals surface area contributed by atoms with Crippen molar-refractivity contribution in [2.24, 2.45) is 0 Å². The summed E-state index contributed by atoms with van der Waals surface area (Å²) in [6.45, 7) is 0. The molecule has 0 fully saturated rings. The molecular weight excluding hydrogens is 233 g/mol. The third-order valence-corrected chi connectivity index (χ3v) is 0.988. The van der Waals surface area contributed by atoms with Gasteiger partial charge in [0.15, 0.2) is 0 Å². The zero-order chi connectivity index (χ0) is 11.1. The summed E-state index contributed by atoms with van der Waals surface area (Å²) in [6, 6.07) is 0. The summed E-state index contributed by atoms with van der Waals surface area (Å²) in [5.41, 5.74) is 0. The molecule has 0 aromatic carbocycles. The molecule has 0 saturated heterocycles. The van der Waals surface area contributed by atoms with E-state index in [4.69, 9.17) is 0 Å². The number of hydrogen-bond acceptors (Lipinski definition) is 1. The fourth-order valence-electron chi connectivity index (χ4n) is 0.297. The van der Waals surface area contributed by atoms with Gasteiger partial charge in [0, 0.05) is 0 Å². The van der Waals surface area contributed by atoms with E-state index >= 15 is 0 Å². The van der Waals surface area contributed by atoms with Crippen molar-refractivity contribution in [2.45, 2.75) is 18.0 Å². The van der Waals surface area contributed by atoms with Crippen LogP contribution in [-0.4, -0.2) is 18.0 Å². The highest BCUT2D eigenvalue weighted by Gasteiger charge is 2.77. The minimum atomic E-state index is -6.77. The SMILES string of the molecule is F[C](F)C(F)(F)C(F)(F)C(F)(F)F.N. The summed E-state index contributed by atoms with van der Waals surface area (Å²) in [6.07, 6.45) is -11.0. The van der Waals surface area contributed by atoms with Crippen molar-refractivity contribution in [3.8, 4) is 0 Å². The second-order valence-corrected chi connectivity index (χ2v) is 1.91. The zero-order valence-corrected chi connectivity index (χ0v) is 6.11. The predicted molar refractivity (Wildman–Crippen MR) is 26.4 cm³/mol. The molecule has 10 heteroatoms. The third-order valence-electron chi connectivity index (χ3n) is 0.988. The number of rotatable bonds is 2. The fraction of sp³-hybridized carbons (Fsp3) is 0.750. The lowest BCUT2D eigenvalue weighted by atomic mass is 10.2. The molecule has 0 amide bonds. The minimum Gasteiger partial charge on any atom is -0.344 e. The Bertz CT molecular complexity index is 182. The van der Waals surface area contributed by atoms with Gasteiger partial charge in [0.05, 0.1) is 0 Å². The molecule has 0 unspecified atom stereocenters. The molecule has 87 valence electrons. The van der Waals surface area contributed by atoms with Crippen molar-refractivity contribution < 1.29 is 39.5 Å². The van der Waals surface area contributed by atoms with E-state index in [1.54, 1.807) is 0 Å². The first-order valence-electron chi connectivity index (χ1n) is 2.45. The van der Waals surface area contributed by atoms with Crippen molar-refractivity contribution in [3.05, 3.63) is 6.43 Å². The van der Waals surface area contributed by atoms with Gasteiger partial charge in [-0.1, -0.05) is 0 Å². The van der Waals surface area contributed by atoms with E-state index in [0.29, 0.717) is 0 Å². The van der Waals surface area contributed by atoms with Crippen LogP contribution >= 0.6 is 0 Å². The third kappa shape index (κ3) is 2.22. The Hall–Kier alpha value is -0.670. The average molecular weight is 236 g/mol. The molecule has 0 aliphatic carbocycles. The Balaban J connectivity index is 0. The normalized spacial score (nSPS) is 14.1. The molecule has 0 aromatic heterocycles. The van der Waals surface area contributed by atoms with E-state index < -0.39 is 24.4 Å². The molecule has 0 bridgehead atoms. The second kappa shape index (κ2) is 3.83. The van der Waals surface area contributed by atoms with Crippen LogP contribution in [-0.2, 0) is 0 Å². The molecule has 0 atom stereocenters. The van der Waals surface area contributed by atoms with E-state index in [9.17, 15) is 39.5 Å². The second-order valence-electron chi connectivity index (χ2n) is 1.91. The van der Waals surface area contributed by atoms with Gasteiger partial charge in [0.25, 0.3) is 0 Å². The van der Waals surface area contributed by atoms with Gasteiger partial charge >= 0.3 is 24.4 Å². The molecule has 0 aliphatic rings. The van der Waals surface area contributed by atoms with Crippen LogP contribution < -0.4 is 6.15 Å². The van der Waals surface area contributed by atoms with Gasteiger partial charge in [-0.15, -0.1) is 0 Å². The van der Waals surface area contributed by atoms with Crippen LogP contribution in [0.15, 0.2) is 0 Å². The van der Waals surface area contributed by atoms with Gasteiger partial charge in [-0.05, 0) is 0 Å². The first kappa shape index (κ1) is 15.8. The minimum absolute atomic E-state index is 0. The number of hydrogen-bond donors (Lipinski definition) is 1. The summed E-state index contributed by atoms with van der Waals surface area (Å²) in [5.74, 6) is -13.3. The van der Waals surface area contributed by atoms with Crippen LogP contribution in [0, 0.1) is 6.43 Å². The summed E-state index contributed by atoms with van der Waals surface area (Å²) in [5, 5.41) is 0. The summed E-state index contributed by atoms with van der Waals surface area (Å²) in [7, 11) is 0. The first-order valence-corrected chi connectivity index (χ1v) is 2.45. The summed E-state index contributed by atoms with van der Waals surface area (Å²) in [4.78, 5) is 0. The molecule has 0 aliphatic heterocycles. The molecule has 0 aromatic rings. The van der Waals surface area contributed by atoms with E-state index in [1.165, 1.54) is 0 Å². The lowest BCUT2D eigenvalue weighted by Crippen LogP contribution is -2.53. The first-order chi connectivity index (χ1) is 5.44. The Morgan fingerprint density at radius 2 is 1.00 bits per heavy atom. The summed E-state index contributed by atoms with van der Waals surface area (Å²) < 4.78 is 102. The predicted octanol–water partition coefficient (Wildman–Crippen LogP) is 3.41. The Morgan fingerprint density at radius 1 is 0.714 bits per heavy atom. The van der Waals surface area contributed by atoms with Crippen LogP contribution in [0.25, 0.3) is 0 Å². The largest absolute Gasteiger partial charge is 0.460 e. The highest BCUT2D eigenvalue weighted by Crippen LogP contribution is 2.51. The van der Waals surface area contributed by atoms with Crippen molar-refractivity contribution >= 4 is 0 Å². The van der Waals surface area contributed by atoms with Crippen molar-refractivity contribution in [3.63, 3.8) is 0 Å². The van der Waals surface area contributed by atoms with Gasteiger partial charge in [-0.2, -0.15) is 39.5 Å². The standard InChI is InChI=1S/C4F9.H3N/c5-1(6)2(7,8)3(9,10)4(11,12)13;/h;1H3. The van der Waals surface area contributed by atoms with Crippen LogP contribution in [0.5, 0.6) is 0 Å². The highest BCUT2D eigenvalue weighted by atomic mass is 19.4. The maximum Gasteiger partial charge on any atom is 0.460 e. The molecule has 0 spiro atoms. The van der Waals surface area contributed by atoms with Gasteiger partial charge in [0.2, 0.25) is 0 Å². The van der Waals surface area contributed by atoms with Gasteiger partial charge in [-0.3, -0.25) is 0 Å². The average Bonchev–Trinajstić information content (AvgIpc) is 1.84. The van der Waals surface area contributed by atoms with Gasteiger partial charge in [0.1, 0.15) is 0 Å². The Kier molecular flexibility index (Phi) is 4.32. The van der Waals surface area contributed by atoms with Gasteiger partial charge < -0.3 is 6.15 Å². The lowest BCUT2D eigenvalue weighted by Gasteiger charge is -2.26. The van der Waals surface area contributed by atoms with Crippen LogP contribution in [0.4, 0.5) is 39.5 Å². The number of alkyl halides is 7. The fourth-order valence-corrected chi connectivity index (χ4v) is 0.297. The maximum atomic E-state index is 11.6. The van der Waals surface area contributed by atoms with Crippen LogP contribution in [0.2, 0.25) is 0 Å². The van der Waals surface area contributed by atoms with E-state index in [-0.39, 0.29) is 6.15 Å². The molecule has 0 rings (SSSR count). The van der Waals surface area contributed by atoms with Crippen molar-refractivity contribution in [2.75, 3.05) is 0 Å². The van der Waals surface area contributed by atoms with Gasteiger partial charge in [-0.25, -0.2) is 0 Å². The zero-order valence-electron chi connectivity index (χ0n) is 6.11. The Morgan fingerprint density at radius 3 is 1.07 bits per heavy atom. The molecule has 0 saturated carbocycles. The molecule has 14 heavy (non-hydrogen) atoms. The maximum absolute atomic E-state index is 11.6. The molecule has 0 heterocycles. The molecule has 1 radical (unpaired) electrons. The highest BCUT2D eigenvalue weighted by molar-refractivity contribution is 5.00. The van der Waals surface area contributed by atoms with Crippen LogP contribution in [0.3, 0.4) is 0 Å². The molecule has 1 nitrogen and oxygen atoms in total. The quantitative estimate of drug-likeness (QED) is 0.732. The summed E-state index contributed by atoms with van der Waals surface area (Å²) >= 11 is 0. The monoisotopic (exact) mass is 236 g/mol. The van der Waals surface area contributed by atoms with E-state index in [0.717, 1.165) is 0 Å². The van der Waals surface area contributed by atoms with Crippen molar-refractivity contribution in [1.82, 2.24) is 6.15 Å². The topological polar surface area (TPSA) is 35.0 Å². The van der Waals surface area contributed by atoms with Crippen LogP contribution in [0.1, 0.15) is 0 Å². The van der Waals surface area contributed by atoms with Crippen molar-refractivity contribution in [1.29, 1.82) is 0 Å². The Labute approximate surface area is 71.5 Å². The van der Waals surface area contributed by atoms with E-state index in [2.05, 4.69) is 0 Å². The molecule has 3 N–H and O–H groups in total. The number of halogens is 9.